The van der Waals surface area contributed by atoms with Crippen LogP contribution in [0, 0.1) is 0 Å². The first-order chi connectivity index (χ1) is 23.6. The van der Waals surface area contributed by atoms with Crippen LogP contribution in [0.4, 0.5) is 0 Å². The second-order valence-electron chi connectivity index (χ2n) is 13.2. The minimum atomic E-state index is 0. The number of carbonyl (C=O) groups is 6. The molecule has 6 aliphatic heterocycles. The van der Waals surface area contributed by atoms with E-state index >= 15 is 0 Å². The summed E-state index contributed by atoms with van der Waals surface area (Å²) in [6, 6.07) is 0. The van der Waals surface area contributed by atoms with E-state index < -0.39 is 0 Å². The molecule has 0 aliphatic carbocycles. The minimum absolute atomic E-state index is 0. The van der Waals surface area contributed by atoms with Gasteiger partial charge in [-0.25, -0.2) is 0 Å². The Morgan fingerprint density at radius 2 is 0.306 bits per heavy atom. The van der Waals surface area contributed by atoms with Crippen molar-refractivity contribution in [1.29, 1.82) is 0 Å². The Kier molecular flexibility index (Phi) is 32.1. The SMILES string of the molecule is O=CN1CCCCC1.O=CN1CCCCC1.O=CN1CCCCC1.O=CN1CCCCC1.O=CN1CCCCC1.O=CN1CCCCC1.[LiH]. The molecule has 6 heterocycles. The van der Waals surface area contributed by atoms with Gasteiger partial charge in [-0.15, -0.1) is 0 Å². The van der Waals surface area contributed by atoms with Crippen molar-refractivity contribution < 1.29 is 28.8 Å². The molecule has 0 atom stereocenters. The van der Waals surface area contributed by atoms with Gasteiger partial charge in [0.2, 0.25) is 38.5 Å². The maximum absolute atomic E-state index is 10.1. The van der Waals surface area contributed by atoms with E-state index in [9.17, 15) is 28.8 Å². The first-order valence-electron chi connectivity index (χ1n) is 18.8. The van der Waals surface area contributed by atoms with Gasteiger partial charge < -0.3 is 29.4 Å². The van der Waals surface area contributed by atoms with Gasteiger partial charge in [-0.1, -0.05) is 0 Å². The van der Waals surface area contributed by atoms with Gasteiger partial charge in [0.05, 0.1) is 0 Å². The van der Waals surface area contributed by atoms with Gasteiger partial charge in [0.15, 0.2) is 0 Å². The molecule has 0 saturated carbocycles. The third-order valence-corrected chi connectivity index (χ3v) is 9.24. The van der Waals surface area contributed by atoms with E-state index in [1.54, 1.807) is 0 Å². The molecule has 6 saturated heterocycles. The second kappa shape index (κ2) is 33.9. The Balaban J connectivity index is 0.000000562. The maximum atomic E-state index is 10.1. The van der Waals surface area contributed by atoms with Crippen LogP contribution in [0.1, 0.15) is 116 Å². The number of hydrogen-bond acceptors (Lipinski definition) is 6. The van der Waals surface area contributed by atoms with E-state index in [1.165, 1.54) is 116 Å². The molecule has 0 spiro atoms. The van der Waals surface area contributed by atoms with Crippen molar-refractivity contribution in [3.8, 4) is 0 Å². The van der Waals surface area contributed by atoms with E-state index in [0.29, 0.717) is 0 Å². The molecular weight excluding hydrogens is 619 g/mol. The third kappa shape index (κ3) is 26.0. The Morgan fingerprint density at radius 1 is 0.204 bits per heavy atom. The van der Waals surface area contributed by atoms with Crippen molar-refractivity contribution in [2.24, 2.45) is 0 Å². The molecule has 6 amide bonds. The quantitative estimate of drug-likeness (QED) is 0.313. The summed E-state index contributed by atoms with van der Waals surface area (Å²) in [5.41, 5.74) is 0. The van der Waals surface area contributed by atoms with Crippen molar-refractivity contribution in [2.75, 3.05) is 78.5 Å². The number of piperidine rings is 6. The zero-order valence-electron chi connectivity index (χ0n) is 29.8. The van der Waals surface area contributed by atoms with Crippen LogP contribution in [0.3, 0.4) is 0 Å². The average molecular weight is 687 g/mol. The molecule has 6 aliphatic rings. The summed E-state index contributed by atoms with van der Waals surface area (Å²) in [6.07, 6.45) is 27.8. The predicted octanol–water partition coefficient (Wildman–Crippen LogP) is 3.12. The van der Waals surface area contributed by atoms with Crippen LogP contribution in [0.15, 0.2) is 0 Å². The van der Waals surface area contributed by atoms with Gasteiger partial charge in [-0.05, 0) is 116 Å². The van der Waals surface area contributed by atoms with Crippen LogP contribution >= 0.6 is 0 Å². The summed E-state index contributed by atoms with van der Waals surface area (Å²) in [5, 5.41) is 0. The van der Waals surface area contributed by atoms with Crippen molar-refractivity contribution in [1.82, 2.24) is 29.4 Å². The standard InChI is InChI=1S/6C6H11NO.Li.H/c6*8-6-7-4-2-1-3-5-7;;/h6*6H,1-5H2;;. The molecule has 12 nitrogen and oxygen atoms in total. The predicted molar refractivity (Wildman–Crippen MR) is 196 cm³/mol. The number of nitrogens with zero attached hydrogens (tertiary/aromatic N) is 6. The van der Waals surface area contributed by atoms with Crippen LogP contribution in [0.5, 0.6) is 0 Å². The van der Waals surface area contributed by atoms with Crippen molar-refractivity contribution >= 4 is 57.3 Å². The molecule has 49 heavy (non-hydrogen) atoms. The number of carbonyl (C=O) groups excluding carboxylic acids is 6. The fraction of sp³-hybridized carbons (Fsp3) is 0.833. The zero-order valence-corrected chi connectivity index (χ0v) is 29.8. The first-order valence-corrected chi connectivity index (χ1v) is 18.8. The van der Waals surface area contributed by atoms with Crippen molar-refractivity contribution in [3.63, 3.8) is 0 Å². The summed E-state index contributed by atoms with van der Waals surface area (Å²) >= 11 is 0. The zero-order chi connectivity index (χ0) is 34.9. The fourth-order valence-corrected chi connectivity index (χ4v) is 6.14. The summed E-state index contributed by atoms with van der Waals surface area (Å²) in [6.45, 7) is 11.7. The normalized spacial score (nSPS) is 20.3. The number of hydrogen-bond donors (Lipinski definition) is 0. The number of amides is 6. The number of rotatable bonds is 6. The van der Waals surface area contributed by atoms with E-state index in [4.69, 9.17) is 0 Å². The van der Waals surface area contributed by atoms with Crippen molar-refractivity contribution in [3.05, 3.63) is 0 Å². The Labute approximate surface area is 308 Å². The Hall–Kier alpha value is -2.58. The van der Waals surface area contributed by atoms with E-state index in [0.717, 1.165) is 117 Å². The Bertz CT molecular complexity index is 637. The van der Waals surface area contributed by atoms with Gasteiger partial charge >= 0.3 is 18.9 Å². The van der Waals surface area contributed by atoms with Gasteiger partial charge in [0, 0.05) is 78.5 Å². The van der Waals surface area contributed by atoms with Crippen LogP contribution < -0.4 is 0 Å². The van der Waals surface area contributed by atoms with Crippen LogP contribution in [-0.2, 0) is 28.8 Å². The molecule has 13 heteroatoms. The molecule has 6 fully saturated rings. The van der Waals surface area contributed by atoms with Gasteiger partial charge in [0.1, 0.15) is 0 Å². The summed E-state index contributed by atoms with van der Waals surface area (Å²) in [7, 11) is 0. The van der Waals surface area contributed by atoms with Crippen LogP contribution in [-0.4, -0.2) is 165 Å². The van der Waals surface area contributed by atoms with E-state index in [-0.39, 0.29) is 18.9 Å². The molecule has 0 radical (unpaired) electrons. The van der Waals surface area contributed by atoms with Gasteiger partial charge in [-0.2, -0.15) is 0 Å². The molecule has 0 bridgehead atoms. The molecule has 0 aromatic rings. The molecule has 0 aromatic carbocycles. The van der Waals surface area contributed by atoms with Crippen LogP contribution in [0.2, 0.25) is 0 Å². The number of likely N-dealkylation sites (tertiary alicyclic amines) is 6. The van der Waals surface area contributed by atoms with Gasteiger partial charge in [0.25, 0.3) is 0 Å². The molecule has 278 valence electrons. The van der Waals surface area contributed by atoms with E-state index in [2.05, 4.69) is 0 Å². The summed E-state index contributed by atoms with van der Waals surface area (Å²) < 4.78 is 0. The van der Waals surface area contributed by atoms with Crippen LogP contribution in [0.25, 0.3) is 0 Å². The molecule has 0 N–H and O–H groups in total. The molecule has 0 aromatic heterocycles. The first kappa shape index (κ1) is 46.4. The van der Waals surface area contributed by atoms with Crippen molar-refractivity contribution in [2.45, 2.75) is 116 Å². The fourth-order valence-electron chi connectivity index (χ4n) is 6.14. The topological polar surface area (TPSA) is 122 Å². The molecule has 0 unspecified atom stereocenters. The third-order valence-electron chi connectivity index (χ3n) is 9.24. The van der Waals surface area contributed by atoms with E-state index in [1.807, 2.05) is 29.4 Å². The molecular formula is C36H67LiN6O6. The van der Waals surface area contributed by atoms with Gasteiger partial charge in [-0.3, -0.25) is 28.8 Å². The summed E-state index contributed by atoms with van der Waals surface area (Å²) in [5.74, 6) is 0. The average Bonchev–Trinajstić information content (AvgIpc) is 3.21. The monoisotopic (exact) mass is 687 g/mol. The molecule has 6 rings (SSSR count). The Morgan fingerprint density at radius 3 is 0.367 bits per heavy atom. The summed E-state index contributed by atoms with van der Waals surface area (Å²) in [4.78, 5) is 71.5. The second-order valence-corrected chi connectivity index (χ2v) is 13.2.